The van der Waals surface area contributed by atoms with Gasteiger partial charge in [0.05, 0.1) is 6.07 Å². The topological polar surface area (TPSA) is 86.5 Å². The Bertz CT molecular complexity index is 608. The Labute approximate surface area is 128 Å². The lowest BCUT2D eigenvalue weighted by molar-refractivity contribution is 0.401. The molecule has 0 saturated heterocycles. The number of hydrogen-bond donors (Lipinski definition) is 2. The van der Waals surface area contributed by atoms with Crippen molar-refractivity contribution in [2.75, 3.05) is 5.75 Å². The van der Waals surface area contributed by atoms with Gasteiger partial charge in [0.25, 0.3) is 0 Å². The van der Waals surface area contributed by atoms with Gasteiger partial charge in [0.1, 0.15) is 5.54 Å². The molecule has 2 saturated carbocycles. The second-order valence-electron chi connectivity index (χ2n) is 6.34. The molecule has 0 radical (unpaired) electrons. The fourth-order valence-electron chi connectivity index (χ4n) is 2.63. The largest absolute Gasteiger partial charge is 0.344 e. The van der Waals surface area contributed by atoms with Gasteiger partial charge in [0.15, 0.2) is 5.16 Å². The summed E-state index contributed by atoms with van der Waals surface area (Å²) < 4.78 is 1.65. The third-order valence-electron chi connectivity index (χ3n) is 4.13. The maximum Gasteiger partial charge on any atom is 0.344 e. The van der Waals surface area contributed by atoms with E-state index >= 15 is 0 Å². The van der Waals surface area contributed by atoms with Crippen LogP contribution in [-0.2, 0) is 0 Å². The lowest BCUT2D eigenvalue weighted by Crippen LogP contribution is -2.49. The minimum atomic E-state index is -0.470. The summed E-state index contributed by atoms with van der Waals surface area (Å²) in [6.45, 7) is 3.92. The monoisotopic (exact) mass is 307 g/mol. The van der Waals surface area contributed by atoms with Gasteiger partial charge in [-0.1, -0.05) is 11.8 Å². The molecule has 7 heteroatoms. The van der Waals surface area contributed by atoms with Crippen LogP contribution >= 0.6 is 11.8 Å². The molecule has 2 aliphatic carbocycles. The van der Waals surface area contributed by atoms with Crippen LogP contribution in [-0.4, -0.2) is 32.1 Å². The number of nitriles is 1. The first-order chi connectivity index (χ1) is 10.1. The highest BCUT2D eigenvalue weighted by Gasteiger charge is 2.48. The van der Waals surface area contributed by atoms with Gasteiger partial charge in [-0.25, -0.2) is 9.89 Å². The van der Waals surface area contributed by atoms with Gasteiger partial charge >= 0.3 is 5.69 Å². The minimum absolute atomic E-state index is 0.0625. The van der Waals surface area contributed by atoms with Crippen LogP contribution in [0.2, 0.25) is 0 Å². The van der Waals surface area contributed by atoms with E-state index in [1.807, 2.05) is 13.8 Å². The van der Waals surface area contributed by atoms with Crippen LogP contribution in [0, 0.1) is 17.2 Å². The van der Waals surface area contributed by atoms with Gasteiger partial charge in [-0.05, 0) is 45.4 Å². The molecular formula is C14H21N5OS. The zero-order chi connectivity index (χ0) is 15.0. The lowest BCUT2D eigenvalue weighted by Gasteiger charge is -2.27. The molecule has 3 rings (SSSR count). The van der Waals surface area contributed by atoms with E-state index in [-0.39, 0.29) is 11.7 Å². The van der Waals surface area contributed by atoms with E-state index < -0.39 is 5.54 Å². The molecule has 0 spiro atoms. The predicted molar refractivity (Wildman–Crippen MR) is 81.2 cm³/mol. The van der Waals surface area contributed by atoms with Crippen LogP contribution in [0.3, 0.4) is 0 Å². The number of hydrogen-bond acceptors (Lipinski definition) is 5. The van der Waals surface area contributed by atoms with Gasteiger partial charge in [0.2, 0.25) is 0 Å². The van der Waals surface area contributed by atoms with Crippen LogP contribution in [0.5, 0.6) is 0 Å². The van der Waals surface area contributed by atoms with Gasteiger partial charge in [-0.15, -0.1) is 5.10 Å². The molecule has 21 heavy (non-hydrogen) atoms. The normalized spacial score (nSPS) is 21.2. The Morgan fingerprint density at radius 2 is 2.24 bits per heavy atom. The highest BCUT2D eigenvalue weighted by Crippen LogP contribution is 2.43. The van der Waals surface area contributed by atoms with E-state index in [1.165, 1.54) is 24.6 Å². The van der Waals surface area contributed by atoms with Gasteiger partial charge < -0.3 is 0 Å². The van der Waals surface area contributed by atoms with Gasteiger partial charge in [-0.3, -0.25) is 9.88 Å². The third kappa shape index (κ3) is 3.01. The second kappa shape index (κ2) is 5.50. The molecule has 1 aromatic rings. The zero-order valence-corrected chi connectivity index (χ0v) is 13.2. The van der Waals surface area contributed by atoms with Crippen molar-refractivity contribution in [1.29, 1.82) is 5.26 Å². The Morgan fingerprint density at radius 3 is 2.76 bits per heavy atom. The quantitative estimate of drug-likeness (QED) is 0.748. The van der Waals surface area contributed by atoms with Crippen molar-refractivity contribution in [3.05, 3.63) is 10.5 Å². The molecule has 0 amide bonds. The van der Waals surface area contributed by atoms with Gasteiger partial charge in [0, 0.05) is 17.8 Å². The highest BCUT2D eigenvalue weighted by atomic mass is 32.2. The molecule has 6 nitrogen and oxygen atoms in total. The van der Waals surface area contributed by atoms with Crippen LogP contribution in [0.1, 0.15) is 45.6 Å². The van der Waals surface area contributed by atoms with Gasteiger partial charge in [-0.2, -0.15) is 5.26 Å². The van der Waals surface area contributed by atoms with E-state index in [0.717, 1.165) is 12.8 Å². The average molecular weight is 307 g/mol. The van der Waals surface area contributed by atoms with Crippen molar-refractivity contribution in [2.24, 2.45) is 5.92 Å². The maximum atomic E-state index is 11.8. The predicted octanol–water partition coefficient (Wildman–Crippen LogP) is 1.67. The SMILES string of the molecule is CC(C)n1c(SCC(C#N)(NC2CC2)C2CC2)n[nH]c1=O. The summed E-state index contributed by atoms with van der Waals surface area (Å²) in [5, 5.41) is 20.5. The molecule has 1 heterocycles. The first kappa shape index (κ1) is 14.7. The number of aromatic nitrogens is 3. The van der Waals surface area contributed by atoms with Crippen molar-refractivity contribution in [2.45, 2.75) is 62.3 Å². The van der Waals surface area contributed by atoms with E-state index in [4.69, 9.17) is 0 Å². The van der Waals surface area contributed by atoms with Crippen LogP contribution in [0.25, 0.3) is 0 Å². The Kier molecular flexibility index (Phi) is 3.84. The van der Waals surface area contributed by atoms with Crippen LogP contribution in [0.4, 0.5) is 0 Å². The maximum absolute atomic E-state index is 11.8. The van der Waals surface area contributed by atoms with Crippen LogP contribution < -0.4 is 11.0 Å². The molecule has 1 aromatic heterocycles. The number of nitrogens with one attached hydrogen (secondary N) is 2. The average Bonchev–Trinajstić information content (AvgIpc) is 3.33. The first-order valence-corrected chi connectivity index (χ1v) is 8.53. The molecular weight excluding hydrogens is 286 g/mol. The summed E-state index contributed by atoms with van der Waals surface area (Å²) in [7, 11) is 0. The van der Waals surface area contributed by atoms with Crippen molar-refractivity contribution in [3.8, 4) is 6.07 Å². The minimum Gasteiger partial charge on any atom is -0.296 e. The molecule has 2 N–H and O–H groups in total. The summed E-state index contributed by atoms with van der Waals surface area (Å²) in [5.74, 6) is 1.08. The van der Waals surface area contributed by atoms with Crippen molar-refractivity contribution in [1.82, 2.24) is 20.1 Å². The summed E-state index contributed by atoms with van der Waals surface area (Å²) >= 11 is 1.50. The number of thioether (sulfide) groups is 1. The Morgan fingerprint density at radius 1 is 1.52 bits per heavy atom. The summed E-state index contributed by atoms with van der Waals surface area (Å²) in [6.07, 6.45) is 4.57. The molecule has 114 valence electrons. The summed E-state index contributed by atoms with van der Waals surface area (Å²) in [4.78, 5) is 11.8. The first-order valence-electron chi connectivity index (χ1n) is 7.54. The molecule has 0 aromatic carbocycles. The molecule has 0 bridgehead atoms. The molecule has 2 fully saturated rings. The highest BCUT2D eigenvalue weighted by molar-refractivity contribution is 7.99. The molecule has 0 aliphatic heterocycles. The van der Waals surface area contributed by atoms with Crippen molar-refractivity contribution < 1.29 is 0 Å². The molecule has 1 unspecified atom stereocenters. The number of rotatable bonds is 7. The second-order valence-corrected chi connectivity index (χ2v) is 7.28. The van der Waals surface area contributed by atoms with Crippen LogP contribution in [0.15, 0.2) is 9.95 Å². The smallest absolute Gasteiger partial charge is 0.296 e. The number of aromatic amines is 1. The number of H-pyrrole nitrogens is 1. The van der Waals surface area contributed by atoms with E-state index in [2.05, 4.69) is 21.6 Å². The standard InChI is InChI=1S/C14H21N5OS/c1-9(2)19-12(20)17-18-13(19)21-8-14(7-15,10-3-4-10)16-11-5-6-11/h9-11,16H,3-6,8H2,1-2H3,(H,17,20). The zero-order valence-electron chi connectivity index (χ0n) is 12.4. The van der Waals surface area contributed by atoms with Crippen molar-refractivity contribution >= 4 is 11.8 Å². The van der Waals surface area contributed by atoms with Crippen molar-refractivity contribution in [3.63, 3.8) is 0 Å². The molecule has 1 atom stereocenters. The fraction of sp³-hybridized carbons (Fsp3) is 0.786. The summed E-state index contributed by atoms with van der Waals surface area (Å²) in [6, 6.07) is 3.08. The fourth-order valence-corrected chi connectivity index (χ4v) is 3.91. The lowest BCUT2D eigenvalue weighted by atomic mass is 9.97. The third-order valence-corrected chi connectivity index (χ3v) is 5.28. The Hall–Kier alpha value is -1.26. The number of nitrogens with zero attached hydrogens (tertiary/aromatic N) is 3. The summed E-state index contributed by atoms with van der Waals surface area (Å²) in [5.41, 5.74) is -0.653. The van der Waals surface area contributed by atoms with E-state index in [0.29, 0.717) is 22.9 Å². The molecule has 2 aliphatic rings. The van der Waals surface area contributed by atoms with E-state index in [9.17, 15) is 10.1 Å². The Balaban J connectivity index is 1.75. The van der Waals surface area contributed by atoms with E-state index in [1.54, 1.807) is 4.57 Å².